The van der Waals surface area contributed by atoms with Gasteiger partial charge in [-0.05, 0) is 59.6 Å². The predicted molar refractivity (Wildman–Crippen MR) is 161 cm³/mol. The molecule has 1 heterocycles. The number of benzene rings is 2. The lowest BCUT2D eigenvalue weighted by molar-refractivity contribution is -0.0404. The Morgan fingerprint density at radius 3 is 2.18 bits per heavy atom. The van der Waals surface area contributed by atoms with Crippen LogP contribution in [0.25, 0.3) is 10.8 Å². The molecular weight excluding hydrogens is 492 g/mol. The van der Waals surface area contributed by atoms with Crippen LogP contribution in [0.3, 0.4) is 0 Å². The lowest BCUT2D eigenvalue weighted by Crippen LogP contribution is -2.48. The second-order valence-electron chi connectivity index (χ2n) is 11.5. The first kappa shape index (κ1) is 30.5. The lowest BCUT2D eigenvalue weighted by Gasteiger charge is -2.42. The van der Waals surface area contributed by atoms with Crippen LogP contribution in [0.2, 0.25) is 16.6 Å². The molecule has 3 rings (SSSR count). The molecule has 2 aromatic rings. The Hall–Kier alpha value is -2.02. The largest absolute Gasteiger partial charge is 0.496 e. The van der Waals surface area contributed by atoms with Crippen molar-refractivity contribution in [3.63, 3.8) is 0 Å². The van der Waals surface area contributed by atoms with Crippen LogP contribution in [0.15, 0.2) is 30.9 Å². The van der Waals surface area contributed by atoms with E-state index in [0.29, 0.717) is 23.2 Å². The van der Waals surface area contributed by atoms with Gasteiger partial charge in [0.1, 0.15) is 23.9 Å². The summed E-state index contributed by atoms with van der Waals surface area (Å²) in [6.07, 6.45) is 5.48. The first-order chi connectivity index (χ1) is 18.2. The summed E-state index contributed by atoms with van der Waals surface area (Å²) in [6, 6.07) is 6.18. The van der Waals surface area contributed by atoms with Gasteiger partial charge in [-0.1, -0.05) is 67.5 Å². The number of hydrogen-bond donors (Lipinski definition) is 0. The molecule has 0 spiro atoms. The fourth-order valence-electron chi connectivity index (χ4n) is 6.76. The number of fused-ring (bicyclic) bond motifs is 2. The molecule has 212 valence electrons. The minimum Gasteiger partial charge on any atom is -0.496 e. The summed E-state index contributed by atoms with van der Waals surface area (Å²) in [5, 5.41) is 1.93. The Morgan fingerprint density at radius 1 is 1.00 bits per heavy atom. The van der Waals surface area contributed by atoms with Crippen molar-refractivity contribution in [2.24, 2.45) is 0 Å². The van der Waals surface area contributed by atoms with Crippen molar-refractivity contribution < 1.29 is 23.4 Å². The fourth-order valence-corrected chi connectivity index (χ4v) is 12.2. The second kappa shape index (κ2) is 13.4. The number of methoxy groups -OCH3 is 2. The van der Waals surface area contributed by atoms with Crippen LogP contribution in [-0.4, -0.2) is 41.9 Å². The third kappa shape index (κ3) is 5.92. The van der Waals surface area contributed by atoms with Crippen LogP contribution >= 0.6 is 0 Å². The van der Waals surface area contributed by atoms with E-state index in [1.807, 2.05) is 12.1 Å². The summed E-state index contributed by atoms with van der Waals surface area (Å²) in [6.45, 7) is 21.3. The van der Waals surface area contributed by atoms with Gasteiger partial charge in [0.05, 0.1) is 31.8 Å². The predicted octanol–water partition coefficient (Wildman–Crippen LogP) is 8.79. The fraction of sp³-hybridized carbons (Fsp3) is 0.625. The minimum absolute atomic E-state index is 0.0452. The SMILES string of the molecule is C=CCOc1c2c(cc3c(OC)ccc(OC)c13)C[C@@H](CCO[Si](C(C)C)(C(C)C)C(C)C)O[C@@H]2CCC. The van der Waals surface area contributed by atoms with Crippen LogP contribution in [0.1, 0.15) is 85.0 Å². The number of rotatable bonds is 14. The monoisotopic (exact) mass is 542 g/mol. The van der Waals surface area contributed by atoms with Crippen LogP contribution < -0.4 is 14.2 Å². The number of hydrogen-bond acceptors (Lipinski definition) is 5. The topological polar surface area (TPSA) is 46.2 Å². The van der Waals surface area contributed by atoms with Gasteiger partial charge in [-0.15, -0.1) is 0 Å². The third-order valence-electron chi connectivity index (χ3n) is 8.26. The van der Waals surface area contributed by atoms with Gasteiger partial charge in [-0.2, -0.15) is 0 Å². The van der Waals surface area contributed by atoms with Crippen LogP contribution in [0, 0.1) is 0 Å². The van der Waals surface area contributed by atoms with Gasteiger partial charge in [0.15, 0.2) is 8.32 Å². The summed E-state index contributed by atoms with van der Waals surface area (Å²) in [7, 11) is 1.49. The normalized spacial score (nSPS) is 17.8. The molecule has 0 unspecified atom stereocenters. The van der Waals surface area contributed by atoms with Crippen molar-refractivity contribution >= 4 is 19.1 Å². The molecule has 0 aromatic heterocycles. The Kier molecular flexibility index (Phi) is 10.7. The molecule has 0 amide bonds. The van der Waals surface area contributed by atoms with Crippen molar-refractivity contribution in [1.29, 1.82) is 0 Å². The Morgan fingerprint density at radius 2 is 1.63 bits per heavy atom. The Labute approximate surface area is 232 Å². The molecule has 2 atom stereocenters. The Bertz CT molecular complexity index is 1060. The van der Waals surface area contributed by atoms with Gasteiger partial charge in [0, 0.05) is 17.6 Å². The summed E-state index contributed by atoms with van der Waals surface area (Å²) >= 11 is 0. The molecule has 0 bridgehead atoms. The standard InChI is InChI=1S/C32H50O5Si/c1-11-13-29-30-24(19-25(37-29)16-18-36-38(21(3)4,22(5)6)23(7)8)20-26-27(33-9)14-15-28(34-10)31(26)32(30)35-17-12-2/h12,14-15,20-23,25,29H,2,11,13,16-19H2,1,3-10H3/t25-,29-/m1/s1. The average molecular weight is 543 g/mol. The molecule has 2 aromatic carbocycles. The van der Waals surface area contributed by atoms with Crippen LogP contribution in [0.5, 0.6) is 17.2 Å². The molecule has 1 aliphatic heterocycles. The lowest BCUT2D eigenvalue weighted by atomic mass is 9.87. The van der Waals surface area contributed by atoms with Gasteiger partial charge >= 0.3 is 0 Å². The number of ether oxygens (including phenoxy) is 4. The highest BCUT2D eigenvalue weighted by atomic mass is 28.4. The van der Waals surface area contributed by atoms with Gasteiger partial charge in [0.2, 0.25) is 0 Å². The van der Waals surface area contributed by atoms with Crippen molar-refractivity contribution in [1.82, 2.24) is 0 Å². The maximum atomic E-state index is 6.90. The molecular formula is C32H50O5Si. The highest BCUT2D eigenvalue weighted by Gasteiger charge is 2.45. The molecule has 0 saturated carbocycles. The zero-order valence-electron chi connectivity index (χ0n) is 25.2. The maximum Gasteiger partial charge on any atom is 0.200 e. The van der Waals surface area contributed by atoms with E-state index in [1.54, 1.807) is 20.3 Å². The Balaban J connectivity index is 2.02. The van der Waals surface area contributed by atoms with E-state index in [9.17, 15) is 0 Å². The zero-order chi connectivity index (χ0) is 28.0. The van der Waals surface area contributed by atoms with Gasteiger partial charge < -0.3 is 23.4 Å². The van der Waals surface area contributed by atoms with Gasteiger partial charge in [-0.25, -0.2) is 0 Å². The van der Waals surface area contributed by atoms with E-state index in [-0.39, 0.29) is 12.2 Å². The van der Waals surface area contributed by atoms with E-state index in [2.05, 4.69) is 61.1 Å². The molecule has 0 fully saturated rings. The van der Waals surface area contributed by atoms with Gasteiger partial charge in [0.25, 0.3) is 0 Å². The van der Waals surface area contributed by atoms with E-state index in [0.717, 1.165) is 65.9 Å². The first-order valence-corrected chi connectivity index (χ1v) is 16.5. The van der Waals surface area contributed by atoms with Gasteiger partial charge in [-0.3, -0.25) is 0 Å². The second-order valence-corrected chi connectivity index (χ2v) is 16.9. The third-order valence-corrected chi connectivity index (χ3v) is 14.4. The van der Waals surface area contributed by atoms with E-state index < -0.39 is 8.32 Å². The van der Waals surface area contributed by atoms with Crippen molar-refractivity contribution in [2.75, 3.05) is 27.4 Å². The van der Waals surface area contributed by atoms with Crippen LogP contribution in [0.4, 0.5) is 0 Å². The van der Waals surface area contributed by atoms with E-state index in [1.165, 1.54) is 5.56 Å². The van der Waals surface area contributed by atoms with Crippen LogP contribution in [-0.2, 0) is 15.6 Å². The van der Waals surface area contributed by atoms with Crippen molar-refractivity contribution in [2.45, 2.75) is 103 Å². The summed E-state index contributed by atoms with van der Waals surface area (Å²) in [5.74, 6) is 2.41. The summed E-state index contributed by atoms with van der Waals surface area (Å²) in [4.78, 5) is 0. The molecule has 0 saturated heterocycles. The van der Waals surface area contributed by atoms with E-state index >= 15 is 0 Å². The quantitative estimate of drug-likeness (QED) is 0.176. The zero-order valence-corrected chi connectivity index (χ0v) is 26.2. The molecule has 38 heavy (non-hydrogen) atoms. The minimum atomic E-state index is -1.91. The molecule has 5 nitrogen and oxygen atoms in total. The molecule has 1 aliphatic rings. The highest BCUT2D eigenvalue weighted by molar-refractivity contribution is 6.77. The highest BCUT2D eigenvalue weighted by Crippen LogP contribution is 2.49. The smallest absolute Gasteiger partial charge is 0.200 e. The molecule has 0 aliphatic carbocycles. The first-order valence-electron chi connectivity index (χ1n) is 14.4. The van der Waals surface area contributed by atoms with Crippen molar-refractivity contribution in [3.8, 4) is 17.2 Å². The van der Waals surface area contributed by atoms with E-state index in [4.69, 9.17) is 23.4 Å². The molecule has 0 radical (unpaired) electrons. The average Bonchev–Trinajstić information content (AvgIpc) is 2.87. The maximum absolute atomic E-state index is 6.90. The molecule has 6 heteroatoms. The van der Waals surface area contributed by atoms with Crippen molar-refractivity contribution in [3.05, 3.63) is 42.0 Å². The summed E-state index contributed by atoms with van der Waals surface area (Å²) < 4.78 is 31.6. The molecule has 0 N–H and O–H groups in total. The summed E-state index contributed by atoms with van der Waals surface area (Å²) in [5.41, 5.74) is 4.11.